The smallest absolute Gasteiger partial charge is 0.230 e. The van der Waals surface area contributed by atoms with Gasteiger partial charge in [0.05, 0.1) is 10.6 Å². The predicted molar refractivity (Wildman–Crippen MR) is 115 cm³/mol. The molecule has 4 rings (SSSR count). The molecule has 8 heteroatoms. The molecule has 2 fully saturated rings. The first-order valence-electron chi connectivity index (χ1n) is 10.4. The third-order valence-corrected chi connectivity index (χ3v) is 8.95. The van der Waals surface area contributed by atoms with Crippen molar-refractivity contribution in [1.29, 1.82) is 0 Å². The lowest BCUT2D eigenvalue weighted by Gasteiger charge is -2.30. The van der Waals surface area contributed by atoms with Crippen molar-refractivity contribution in [2.45, 2.75) is 50.3 Å². The number of benzene rings is 1. The minimum absolute atomic E-state index is 0.00897. The average Bonchev–Trinajstić information content (AvgIpc) is 3.46. The lowest BCUT2D eigenvalue weighted by Crippen LogP contribution is -2.38. The molecular weight excluding hydrogens is 456 g/mol. The summed E-state index contributed by atoms with van der Waals surface area (Å²) in [5.74, 6) is 0.500. The van der Waals surface area contributed by atoms with Crippen LogP contribution < -0.4 is 4.90 Å². The summed E-state index contributed by atoms with van der Waals surface area (Å²) in [5, 5.41) is 0. The molecule has 1 saturated heterocycles. The zero-order valence-corrected chi connectivity index (χ0v) is 19.1. The van der Waals surface area contributed by atoms with Gasteiger partial charge in [-0.15, -0.1) is 0 Å². The van der Waals surface area contributed by atoms with Crippen LogP contribution >= 0.6 is 15.9 Å². The predicted octanol–water partition coefficient (Wildman–Crippen LogP) is 3.17. The molecule has 158 valence electrons. The van der Waals surface area contributed by atoms with E-state index in [2.05, 4.69) is 22.9 Å². The van der Waals surface area contributed by atoms with Crippen LogP contribution in [0.5, 0.6) is 0 Å². The number of anilines is 1. The summed E-state index contributed by atoms with van der Waals surface area (Å²) < 4.78 is 26.5. The minimum Gasteiger partial charge on any atom is -0.343 e. The molecule has 0 spiro atoms. The first-order valence-corrected chi connectivity index (χ1v) is 12.8. The summed E-state index contributed by atoms with van der Waals surface area (Å²) in [6, 6.07) is 3.44. The molecule has 0 N–H and O–H groups in total. The molecule has 1 aliphatic carbocycles. The first kappa shape index (κ1) is 20.8. The van der Waals surface area contributed by atoms with Crippen LogP contribution in [0.3, 0.4) is 0 Å². The molecule has 0 unspecified atom stereocenters. The second-order valence-electron chi connectivity index (χ2n) is 8.56. The Morgan fingerprint density at radius 3 is 2.45 bits per heavy atom. The highest BCUT2D eigenvalue weighted by Crippen LogP contribution is 2.39. The van der Waals surface area contributed by atoms with Gasteiger partial charge >= 0.3 is 0 Å². The Hall–Kier alpha value is -1.41. The second kappa shape index (κ2) is 8.02. The Morgan fingerprint density at radius 2 is 1.79 bits per heavy atom. The van der Waals surface area contributed by atoms with Gasteiger partial charge in [-0.25, -0.2) is 8.42 Å². The summed E-state index contributed by atoms with van der Waals surface area (Å²) >= 11 is 3.40. The van der Waals surface area contributed by atoms with Gasteiger partial charge in [0.15, 0.2) is 9.84 Å². The number of piperidine rings is 1. The van der Waals surface area contributed by atoms with Crippen molar-refractivity contribution in [2.75, 3.05) is 30.3 Å². The van der Waals surface area contributed by atoms with Crippen LogP contribution in [-0.2, 0) is 25.8 Å². The van der Waals surface area contributed by atoms with Crippen LogP contribution in [0.25, 0.3) is 0 Å². The standard InChI is InChI=1S/C21H27BrN2O4S/c1-14-4-8-23(9-5-14)20(25)7-11-29(27,28)19-13-18-16(12-17(19)22)6-10-24(18)21(26)15-2-3-15/h12-15H,2-11H2,1H3. The number of likely N-dealkylation sites (tertiary alicyclic amines) is 1. The summed E-state index contributed by atoms with van der Waals surface area (Å²) in [6.45, 7) is 4.20. The molecule has 0 atom stereocenters. The Labute approximate surface area is 180 Å². The lowest BCUT2D eigenvalue weighted by atomic mass is 9.99. The van der Waals surface area contributed by atoms with Crippen molar-refractivity contribution >= 4 is 43.3 Å². The molecule has 0 bridgehead atoms. The number of hydrogen-bond acceptors (Lipinski definition) is 4. The molecule has 1 saturated carbocycles. The number of carbonyl (C=O) groups is 2. The molecule has 6 nitrogen and oxygen atoms in total. The van der Waals surface area contributed by atoms with Gasteiger partial charge in [0.2, 0.25) is 11.8 Å². The number of halogens is 1. The van der Waals surface area contributed by atoms with E-state index >= 15 is 0 Å². The maximum absolute atomic E-state index is 13.0. The molecule has 2 heterocycles. The van der Waals surface area contributed by atoms with Crippen LogP contribution in [0.4, 0.5) is 5.69 Å². The SMILES string of the molecule is CC1CCN(C(=O)CCS(=O)(=O)c2cc3c(cc2Br)CCN3C(=O)C2CC2)CC1. The molecule has 2 amide bonds. The van der Waals surface area contributed by atoms with E-state index in [0.717, 1.165) is 37.7 Å². The van der Waals surface area contributed by atoms with E-state index in [1.165, 1.54) is 0 Å². The number of sulfone groups is 1. The lowest BCUT2D eigenvalue weighted by molar-refractivity contribution is -0.132. The van der Waals surface area contributed by atoms with Crippen molar-refractivity contribution in [3.05, 3.63) is 22.2 Å². The zero-order chi connectivity index (χ0) is 20.8. The topological polar surface area (TPSA) is 74.8 Å². The van der Waals surface area contributed by atoms with E-state index in [9.17, 15) is 18.0 Å². The van der Waals surface area contributed by atoms with Crippen LogP contribution in [0.15, 0.2) is 21.5 Å². The summed E-state index contributed by atoms with van der Waals surface area (Å²) in [7, 11) is -3.64. The van der Waals surface area contributed by atoms with E-state index in [4.69, 9.17) is 0 Å². The van der Waals surface area contributed by atoms with E-state index in [1.807, 2.05) is 6.07 Å². The molecule has 29 heavy (non-hydrogen) atoms. The van der Waals surface area contributed by atoms with Crippen molar-refractivity contribution in [3.63, 3.8) is 0 Å². The highest BCUT2D eigenvalue weighted by Gasteiger charge is 2.37. The van der Waals surface area contributed by atoms with E-state index in [0.29, 0.717) is 35.7 Å². The number of rotatable bonds is 5. The third-order valence-electron chi connectivity index (χ3n) is 6.28. The van der Waals surface area contributed by atoms with Gasteiger partial charge in [-0.3, -0.25) is 9.59 Å². The van der Waals surface area contributed by atoms with Gasteiger partial charge in [0.25, 0.3) is 0 Å². The minimum atomic E-state index is -3.64. The fourth-order valence-corrected chi connectivity index (χ4v) is 6.59. The van der Waals surface area contributed by atoms with Gasteiger partial charge in [0, 0.05) is 42.1 Å². The van der Waals surface area contributed by atoms with Crippen molar-refractivity contribution in [1.82, 2.24) is 4.90 Å². The van der Waals surface area contributed by atoms with Gasteiger partial charge in [-0.1, -0.05) is 6.92 Å². The van der Waals surface area contributed by atoms with Crippen LogP contribution in [0.1, 0.15) is 44.6 Å². The number of nitrogens with zero attached hydrogens (tertiary/aromatic N) is 2. The Balaban J connectivity index is 1.49. The monoisotopic (exact) mass is 482 g/mol. The largest absolute Gasteiger partial charge is 0.343 e. The number of amides is 2. The first-order chi connectivity index (χ1) is 13.8. The van der Waals surface area contributed by atoms with Crippen LogP contribution in [0, 0.1) is 11.8 Å². The number of carbonyl (C=O) groups excluding carboxylic acids is 2. The summed E-state index contributed by atoms with van der Waals surface area (Å²) in [5.41, 5.74) is 1.70. The van der Waals surface area contributed by atoms with Gasteiger partial charge in [-0.05, 0) is 71.6 Å². The van der Waals surface area contributed by atoms with Crippen LogP contribution in [0.2, 0.25) is 0 Å². The molecule has 1 aromatic rings. The van der Waals surface area contributed by atoms with Crippen molar-refractivity contribution in [3.8, 4) is 0 Å². The van der Waals surface area contributed by atoms with Crippen LogP contribution in [-0.4, -0.2) is 50.5 Å². The van der Waals surface area contributed by atoms with E-state index in [1.54, 1.807) is 15.9 Å². The second-order valence-corrected chi connectivity index (χ2v) is 11.5. The summed E-state index contributed by atoms with van der Waals surface area (Å²) in [6.07, 6.45) is 4.51. The summed E-state index contributed by atoms with van der Waals surface area (Å²) in [4.78, 5) is 28.7. The quantitative estimate of drug-likeness (QED) is 0.645. The Kier molecular flexibility index (Phi) is 5.77. The molecular formula is C21H27BrN2O4S. The molecule has 3 aliphatic rings. The van der Waals surface area contributed by atoms with Gasteiger partial charge < -0.3 is 9.80 Å². The van der Waals surface area contributed by atoms with Gasteiger partial charge in [0.1, 0.15) is 0 Å². The average molecular weight is 483 g/mol. The van der Waals surface area contributed by atoms with Crippen molar-refractivity contribution in [2.24, 2.45) is 11.8 Å². The number of fused-ring (bicyclic) bond motifs is 1. The Morgan fingerprint density at radius 1 is 1.10 bits per heavy atom. The highest BCUT2D eigenvalue weighted by molar-refractivity contribution is 9.10. The molecule has 1 aromatic carbocycles. The number of hydrogen-bond donors (Lipinski definition) is 0. The maximum atomic E-state index is 13.0. The van der Waals surface area contributed by atoms with Gasteiger partial charge in [-0.2, -0.15) is 0 Å². The molecule has 0 aromatic heterocycles. The normalized spacial score (nSPS) is 20.1. The third kappa shape index (κ3) is 4.38. The van der Waals surface area contributed by atoms with E-state index < -0.39 is 9.84 Å². The fourth-order valence-electron chi connectivity index (χ4n) is 4.15. The van der Waals surface area contributed by atoms with E-state index in [-0.39, 0.29) is 34.8 Å². The maximum Gasteiger partial charge on any atom is 0.230 e. The van der Waals surface area contributed by atoms with Crippen molar-refractivity contribution < 1.29 is 18.0 Å². The molecule has 2 aliphatic heterocycles. The highest BCUT2D eigenvalue weighted by atomic mass is 79.9. The Bertz CT molecular complexity index is 934. The molecule has 0 radical (unpaired) electrons. The zero-order valence-electron chi connectivity index (χ0n) is 16.7. The fraction of sp³-hybridized carbons (Fsp3) is 0.619.